The minimum absolute atomic E-state index is 0.269. The van der Waals surface area contributed by atoms with Crippen molar-refractivity contribution < 1.29 is 43.9 Å². The average Bonchev–Trinajstić information content (AvgIpc) is 3.00. The predicted octanol–water partition coefficient (Wildman–Crippen LogP) is -1.74. The van der Waals surface area contributed by atoms with E-state index in [1.54, 1.807) is 0 Å². The van der Waals surface area contributed by atoms with Crippen molar-refractivity contribution >= 4 is 17.9 Å². The third kappa shape index (κ3) is 5.49. The number of carbonyl (C=O) groups is 3. The number of amides is 3. The molecule has 0 radical (unpaired) electrons. The summed E-state index contributed by atoms with van der Waals surface area (Å²) in [5.41, 5.74) is 0. The predicted molar refractivity (Wildman–Crippen MR) is 92.8 cm³/mol. The number of methoxy groups -OCH3 is 1. The van der Waals surface area contributed by atoms with Gasteiger partial charge in [-0.2, -0.15) is 0 Å². The van der Waals surface area contributed by atoms with Gasteiger partial charge in [0.15, 0.2) is 12.4 Å². The molecule has 0 saturated carbocycles. The second-order valence-electron chi connectivity index (χ2n) is 6.46. The molecule has 1 saturated heterocycles. The molecule has 0 aliphatic carbocycles. The van der Waals surface area contributed by atoms with Gasteiger partial charge in [0.2, 0.25) is 0 Å². The summed E-state index contributed by atoms with van der Waals surface area (Å²) in [7, 11) is 1.27. The van der Waals surface area contributed by atoms with Crippen LogP contribution in [-0.4, -0.2) is 95.6 Å². The molecule has 158 valence electrons. The standard InChI is InChI=1S/C17H26N2O9/c1-26-16-14(24)15(13(23)10(9-20)27-16)28-17(25)18-7-3-2-4-8-19-11(21)5-6-12(19)22/h5-6,10,13-16,20,23-24H,2-4,7-9H2,1H3,(H,18,25)/t10?,13-,14?,15?,16+/m1/s1. The van der Waals surface area contributed by atoms with Crippen LogP contribution in [0.2, 0.25) is 0 Å². The molecular formula is C17H26N2O9. The molecule has 11 heteroatoms. The van der Waals surface area contributed by atoms with Crippen LogP contribution in [0.3, 0.4) is 0 Å². The Kier molecular flexibility index (Phi) is 8.33. The second-order valence-corrected chi connectivity index (χ2v) is 6.46. The largest absolute Gasteiger partial charge is 0.440 e. The Morgan fingerprint density at radius 2 is 1.86 bits per heavy atom. The summed E-state index contributed by atoms with van der Waals surface area (Å²) in [5, 5.41) is 31.9. The van der Waals surface area contributed by atoms with Gasteiger partial charge in [-0.25, -0.2) is 4.79 Å². The lowest BCUT2D eigenvalue weighted by molar-refractivity contribution is -0.293. The molecule has 0 aromatic rings. The second kappa shape index (κ2) is 10.5. The first-order chi connectivity index (χ1) is 13.4. The SMILES string of the molecule is CO[C@H]1OC(CO)[C@@H](O)C(OC(=O)NCCCCCN2C(=O)C=CC2=O)C1O. The fraction of sp³-hybridized carbons (Fsp3) is 0.706. The molecular weight excluding hydrogens is 376 g/mol. The number of aliphatic hydroxyl groups excluding tert-OH is 3. The maximum absolute atomic E-state index is 11.9. The Morgan fingerprint density at radius 1 is 1.18 bits per heavy atom. The van der Waals surface area contributed by atoms with Crippen molar-refractivity contribution in [2.24, 2.45) is 0 Å². The van der Waals surface area contributed by atoms with Crippen molar-refractivity contribution in [2.75, 3.05) is 26.8 Å². The van der Waals surface area contributed by atoms with Gasteiger partial charge in [-0.05, 0) is 19.3 Å². The van der Waals surface area contributed by atoms with E-state index in [2.05, 4.69) is 5.32 Å². The first-order valence-electron chi connectivity index (χ1n) is 9.02. The molecule has 3 unspecified atom stereocenters. The molecule has 28 heavy (non-hydrogen) atoms. The van der Waals surface area contributed by atoms with Crippen molar-refractivity contribution in [3.05, 3.63) is 12.2 Å². The van der Waals surface area contributed by atoms with Crippen LogP contribution in [0.5, 0.6) is 0 Å². The Bertz CT molecular complexity index is 563. The summed E-state index contributed by atoms with van der Waals surface area (Å²) in [5.74, 6) is -0.647. The fourth-order valence-corrected chi connectivity index (χ4v) is 2.97. The van der Waals surface area contributed by atoms with Gasteiger partial charge < -0.3 is 34.8 Å². The third-order valence-electron chi connectivity index (χ3n) is 4.53. The minimum atomic E-state index is -1.42. The molecule has 0 aromatic carbocycles. The number of hydrogen-bond acceptors (Lipinski definition) is 9. The third-order valence-corrected chi connectivity index (χ3v) is 4.53. The number of ether oxygens (including phenoxy) is 3. The molecule has 4 N–H and O–H groups in total. The summed E-state index contributed by atoms with van der Waals surface area (Å²) < 4.78 is 15.1. The van der Waals surface area contributed by atoms with Crippen LogP contribution in [0.25, 0.3) is 0 Å². The van der Waals surface area contributed by atoms with E-state index in [1.165, 1.54) is 19.3 Å². The Balaban J connectivity index is 1.67. The van der Waals surface area contributed by atoms with E-state index in [0.29, 0.717) is 25.8 Å². The molecule has 2 heterocycles. The van der Waals surface area contributed by atoms with Crippen LogP contribution in [-0.2, 0) is 23.8 Å². The van der Waals surface area contributed by atoms with E-state index in [1.807, 2.05) is 0 Å². The molecule has 3 amide bonds. The summed E-state index contributed by atoms with van der Waals surface area (Å²) in [6.07, 6.45) is -2.90. The van der Waals surface area contributed by atoms with Gasteiger partial charge in [-0.3, -0.25) is 14.5 Å². The summed E-state index contributed by atoms with van der Waals surface area (Å²) >= 11 is 0. The van der Waals surface area contributed by atoms with Crippen LogP contribution in [0.15, 0.2) is 12.2 Å². The normalized spacial score (nSPS) is 30.0. The number of carbonyl (C=O) groups excluding carboxylic acids is 3. The van der Waals surface area contributed by atoms with Gasteiger partial charge >= 0.3 is 6.09 Å². The number of nitrogens with one attached hydrogen (secondary N) is 1. The maximum Gasteiger partial charge on any atom is 0.407 e. The number of unbranched alkanes of at least 4 members (excludes halogenated alkanes) is 2. The lowest BCUT2D eigenvalue weighted by Crippen LogP contribution is -2.60. The highest BCUT2D eigenvalue weighted by Gasteiger charge is 2.46. The zero-order chi connectivity index (χ0) is 20.7. The Labute approximate surface area is 161 Å². The molecule has 2 aliphatic rings. The molecule has 11 nitrogen and oxygen atoms in total. The molecule has 0 spiro atoms. The summed E-state index contributed by atoms with van der Waals surface area (Å²) in [4.78, 5) is 35.9. The van der Waals surface area contributed by atoms with E-state index < -0.39 is 43.4 Å². The lowest BCUT2D eigenvalue weighted by atomic mass is 9.99. The summed E-state index contributed by atoms with van der Waals surface area (Å²) in [6.45, 7) is 0.0504. The molecule has 2 aliphatic heterocycles. The Morgan fingerprint density at radius 3 is 2.46 bits per heavy atom. The monoisotopic (exact) mass is 402 g/mol. The van der Waals surface area contributed by atoms with Crippen LogP contribution in [0, 0.1) is 0 Å². The van der Waals surface area contributed by atoms with Crippen molar-refractivity contribution in [2.45, 2.75) is 50.0 Å². The Hall–Kier alpha value is -2.05. The number of alkyl carbamates (subject to hydrolysis) is 1. The highest BCUT2D eigenvalue weighted by molar-refractivity contribution is 6.12. The van der Waals surface area contributed by atoms with Crippen molar-refractivity contribution in [3.63, 3.8) is 0 Å². The van der Waals surface area contributed by atoms with Crippen molar-refractivity contribution in [1.82, 2.24) is 10.2 Å². The smallest absolute Gasteiger partial charge is 0.407 e. The first-order valence-corrected chi connectivity index (χ1v) is 9.02. The maximum atomic E-state index is 11.9. The lowest BCUT2D eigenvalue weighted by Gasteiger charge is -2.40. The summed E-state index contributed by atoms with van der Waals surface area (Å²) in [6, 6.07) is 0. The van der Waals surface area contributed by atoms with Gasteiger partial charge in [0.05, 0.1) is 6.61 Å². The molecule has 0 bridgehead atoms. The fourth-order valence-electron chi connectivity index (χ4n) is 2.97. The van der Waals surface area contributed by atoms with E-state index in [9.17, 15) is 29.7 Å². The van der Waals surface area contributed by atoms with Crippen molar-refractivity contribution in [1.29, 1.82) is 0 Å². The minimum Gasteiger partial charge on any atom is -0.440 e. The highest BCUT2D eigenvalue weighted by atomic mass is 16.7. The number of imide groups is 1. The van der Waals surface area contributed by atoms with Gasteiger partial charge in [-0.1, -0.05) is 0 Å². The molecule has 2 rings (SSSR count). The van der Waals surface area contributed by atoms with Gasteiger partial charge in [0, 0.05) is 32.4 Å². The highest BCUT2D eigenvalue weighted by Crippen LogP contribution is 2.24. The first kappa shape index (κ1) is 22.2. The number of aliphatic hydroxyl groups is 3. The van der Waals surface area contributed by atoms with E-state index in [-0.39, 0.29) is 18.4 Å². The average molecular weight is 402 g/mol. The molecule has 1 fully saturated rings. The van der Waals surface area contributed by atoms with E-state index >= 15 is 0 Å². The topological polar surface area (TPSA) is 155 Å². The van der Waals surface area contributed by atoms with E-state index in [4.69, 9.17) is 14.2 Å². The van der Waals surface area contributed by atoms with Crippen molar-refractivity contribution in [3.8, 4) is 0 Å². The van der Waals surface area contributed by atoms with Crippen LogP contribution < -0.4 is 5.32 Å². The van der Waals surface area contributed by atoms with Gasteiger partial charge in [-0.15, -0.1) is 0 Å². The molecule has 5 atom stereocenters. The zero-order valence-electron chi connectivity index (χ0n) is 15.5. The van der Waals surface area contributed by atoms with E-state index in [0.717, 1.165) is 4.90 Å². The van der Waals surface area contributed by atoms with Crippen LogP contribution in [0.4, 0.5) is 4.79 Å². The van der Waals surface area contributed by atoms with Gasteiger partial charge in [0.25, 0.3) is 11.8 Å². The van der Waals surface area contributed by atoms with Crippen LogP contribution in [0.1, 0.15) is 19.3 Å². The number of rotatable bonds is 9. The molecule has 0 aromatic heterocycles. The van der Waals surface area contributed by atoms with Crippen LogP contribution >= 0.6 is 0 Å². The van der Waals surface area contributed by atoms with Gasteiger partial charge in [0.1, 0.15) is 18.3 Å². The zero-order valence-corrected chi connectivity index (χ0v) is 15.5. The number of hydrogen-bond donors (Lipinski definition) is 4. The number of nitrogens with zero attached hydrogens (tertiary/aromatic N) is 1. The quantitative estimate of drug-likeness (QED) is 0.260.